The summed E-state index contributed by atoms with van der Waals surface area (Å²) in [5.41, 5.74) is 0.907. The van der Waals surface area contributed by atoms with Crippen LogP contribution in [-0.2, 0) is 0 Å². The molecule has 1 aromatic rings. The summed E-state index contributed by atoms with van der Waals surface area (Å²) in [6.45, 7) is 4.35. The highest BCUT2D eigenvalue weighted by Gasteiger charge is 2.18. The van der Waals surface area contributed by atoms with Crippen molar-refractivity contribution in [2.24, 2.45) is 0 Å². The lowest BCUT2D eigenvalue weighted by molar-refractivity contribution is -0.389. The normalized spacial score (nSPS) is 16.8. The van der Waals surface area contributed by atoms with Gasteiger partial charge in [-0.15, -0.1) is 0 Å². The van der Waals surface area contributed by atoms with Crippen LogP contribution in [0.15, 0.2) is 18.3 Å². The highest BCUT2D eigenvalue weighted by molar-refractivity contribution is 5.46. The van der Waals surface area contributed by atoms with Crippen LogP contribution in [0, 0.1) is 10.1 Å². The minimum absolute atomic E-state index is 0.127. The molecule has 1 fully saturated rings. The van der Waals surface area contributed by atoms with Crippen molar-refractivity contribution in [1.82, 2.24) is 9.88 Å². The van der Waals surface area contributed by atoms with Crippen LogP contribution < -0.4 is 4.90 Å². The molecule has 0 saturated carbocycles. The molecule has 7 nitrogen and oxygen atoms in total. The number of β-amino-alcohol motifs (C(OH)–C–C–N with tert-alkyl or cyclic N) is 1. The average molecular weight is 252 g/mol. The quantitative estimate of drug-likeness (QED) is 0.604. The number of aliphatic hydroxyl groups is 1. The number of anilines is 1. The van der Waals surface area contributed by atoms with Crippen LogP contribution in [-0.4, -0.2) is 59.2 Å². The fourth-order valence-corrected chi connectivity index (χ4v) is 2.04. The fraction of sp³-hybridized carbons (Fsp3) is 0.545. The molecule has 0 aliphatic carbocycles. The summed E-state index contributed by atoms with van der Waals surface area (Å²) in [6.07, 6.45) is 1.54. The van der Waals surface area contributed by atoms with Crippen molar-refractivity contribution in [1.29, 1.82) is 0 Å². The number of rotatable bonds is 4. The van der Waals surface area contributed by atoms with E-state index in [1.54, 1.807) is 12.3 Å². The minimum atomic E-state index is -0.497. The van der Waals surface area contributed by atoms with E-state index in [-0.39, 0.29) is 12.4 Å². The van der Waals surface area contributed by atoms with E-state index in [0.717, 1.165) is 31.9 Å². The molecule has 0 atom stereocenters. The number of hydrogen-bond donors (Lipinski definition) is 1. The van der Waals surface area contributed by atoms with Crippen molar-refractivity contribution in [3.63, 3.8) is 0 Å². The Morgan fingerprint density at radius 3 is 2.56 bits per heavy atom. The van der Waals surface area contributed by atoms with Gasteiger partial charge in [0.25, 0.3) is 0 Å². The predicted molar refractivity (Wildman–Crippen MR) is 66.6 cm³/mol. The van der Waals surface area contributed by atoms with Gasteiger partial charge in [0.05, 0.1) is 12.3 Å². The van der Waals surface area contributed by atoms with Crippen molar-refractivity contribution in [3.8, 4) is 0 Å². The van der Waals surface area contributed by atoms with Gasteiger partial charge in [-0.3, -0.25) is 4.90 Å². The molecule has 0 aromatic carbocycles. The third-order valence-electron chi connectivity index (χ3n) is 3.07. The number of aliphatic hydroxyl groups excluding tert-OH is 1. The van der Waals surface area contributed by atoms with E-state index in [2.05, 4.69) is 14.8 Å². The summed E-state index contributed by atoms with van der Waals surface area (Å²) >= 11 is 0. The van der Waals surface area contributed by atoms with Crippen LogP contribution in [0.1, 0.15) is 0 Å². The molecule has 2 heterocycles. The fourth-order valence-electron chi connectivity index (χ4n) is 2.04. The van der Waals surface area contributed by atoms with E-state index in [1.807, 2.05) is 0 Å². The zero-order chi connectivity index (χ0) is 13.0. The Morgan fingerprint density at radius 2 is 2.06 bits per heavy atom. The number of aromatic nitrogens is 1. The van der Waals surface area contributed by atoms with Gasteiger partial charge in [0, 0.05) is 38.8 Å². The first-order valence-corrected chi connectivity index (χ1v) is 5.89. The lowest BCUT2D eigenvalue weighted by Gasteiger charge is -2.35. The largest absolute Gasteiger partial charge is 0.395 e. The Kier molecular flexibility index (Phi) is 4.06. The van der Waals surface area contributed by atoms with Crippen LogP contribution in [0.3, 0.4) is 0 Å². The first kappa shape index (κ1) is 12.7. The van der Waals surface area contributed by atoms with Crippen molar-refractivity contribution < 1.29 is 10.0 Å². The lowest BCUT2D eigenvalue weighted by atomic mass is 10.2. The molecule has 0 radical (unpaired) electrons. The number of nitrogens with zero attached hydrogens (tertiary/aromatic N) is 4. The molecule has 0 unspecified atom stereocenters. The van der Waals surface area contributed by atoms with E-state index in [0.29, 0.717) is 6.54 Å². The molecular weight excluding hydrogens is 236 g/mol. The summed E-state index contributed by atoms with van der Waals surface area (Å²) in [6, 6.07) is 3.16. The molecule has 0 amide bonds. The van der Waals surface area contributed by atoms with Gasteiger partial charge < -0.3 is 20.1 Å². The van der Waals surface area contributed by atoms with Crippen LogP contribution in [0.4, 0.5) is 11.5 Å². The SMILES string of the molecule is O=[N+]([O-])c1ccc(N2CCN(CCO)CC2)cn1. The molecule has 7 heteroatoms. The number of nitro groups is 1. The molecular formula is C11H16N4O3. The van der Waals surface area contributed by atoms with Crippen molar-refractivity contribution in [2.75, 3.05) is 44.2 Å². The van der Waals surface area contributed by atoms with E-state index >= 15 is 0 Å². The predicted octanol–water partition coefficient (Wildman–Crippen LogP) is 0.104. The second-order valence-corrected chi connectivity index (χ2v) is 4.18. The average Bonchev–Trinajstić information content (AvgIpc) is 2.40. The zero-order valence-corrected chi connectivity index (χ0v) is 10.0. The number of pyridine rings is 1. The third kappa shape index (κ3) is 2.93. The van der Waals surface area contributed by atoms with Crippen LogP contribution >= 0.6 is 0 Å². The zero-order valence-electron chi connectivity index (χ0n) is 10.0. The standard InChI is InChI=1S/C11H16N4O3/c16-8-7-13-3-5-14(6-4-13)10-1-2-11(12-9-10)15(17)18/h1-2,9,16H,3-8H2. The van der Waals surface area contributed by atoms with Gasteiger partial charge in [0.2, 0.25) is 0 Å². The van der Waals surface area contributed by atoms with E-state index in [1.165, 1.54) is 6.07 Å². The van der Waals surface area contributed by atoms with Crippen molar-refractivity contribution in [2.45, 2.75) is 0 Å². The van der Waals surface area contributed by atoms with Crippen LogP contribution in [0.2, 0.25) is 0 Å². The second kappa shape index (κ2) is 5.74. The Morgan fingerprint density at radius 1 is 1.33 bits per heavy atom. The molecule has 1 aliphatic rings. The highest BCUT2D eigenvalue weighted by Crippen LogP contribution is 2.17. The van der Waals surface area contributed by atoms with Gasteiger partial charge in [-0.25, -0.2) is 0 Å². The number of piperazine rings is 1. The lowest BCUT2D eigenvalue weighted by Crippen LogP contribution is -2.47. The van der Waals surface area contributed by atoms with Crippen molar-refractivity contribution in [3.05, 3.63) is 28.4 Å². The maximum absolute atomic E-state index is 10.5. The molecule has 1 aromatic heterocycles. The van der Waals surface area contributed by atoms with Gasteiger partial charge in [0.1, 0.15) is 0 Å². The summed E-state index contributed by atoms with van der Waals surface area (Å²) in [7, 11) is 0. The Bertz CT molecular complexity index is 401. The van der Waals surface area contributed by atoms with E-state index in [4.69, 9.17) is 5.11 Å². The molecule has 1 N–H and O–H groups in total. The maximum atomic E-state index is 10.5. The van der Waals surface area contributed by atoms with E-state index in [9.17, 15) is 10.1 Å². The first-order chi connectivity index (χ1) is 8.70. The summed E-state index contributed by atoms with van der Waals surface area (Å²) in [5, 5.41) is 19.4. The molecule has 98 valence electrons. The first-order valence-electron chi connectivity index (χ1n) is 5.89. The minimum Gasteiger partial charge on any atom is -0.395 e. The monoisotopic (exact) mass is 252 g/mol. The van der Waals surface area contributed by atoms with Gasteiger partial charge in [-0.1, -0.05) is 0 Å². The topological polar surface area (TPSA) is 82.7 Å². The Labute approximate surface area is 105 Å². The highest BCUT2D eigenvalue weighted by atomic mass is 16.6. The molecule has 1 aliphatic heterocycles. The summed E-state index contributed by atoms with van der Waals surface area (Å²) in [5.74, 6) is -0.127. The van der Waals surface area contributed by atoms with Gasteiger partial charge in [0.15, 0.2) is 6.20 Å². The second-order valence-electron chi connectivity index (χ2n) is 4.18. The van der Waals surface area contributed by atoms with Gasteiger partial charge >= 0.3 is 5.82 Å². The summed E-state index contributed by atoms with van der Waals surface area (Å²) in [4.78, 5) is 18.2. The Balaban J connectivity index is 1.95. The van der Waals surface area contributed by atoms with Crippen LogP contribution in [0.25, 0.3) is 0 Å². The van der Waals surface area contributed by atoms with Crippen LogP contribution in [0.5, 0.6) is 0 Å². The van der Waals surface area contributed by atoms with Crippen molar-refractivity contribution >= 4 is 11.5 Å². The molecule has 1 saturated heterocycles. The van der Waals surface area contributed by atoms with E-state index < -0.39 is 4.92 Å². The van der Waals surface area contributed by atoms with Gasteiger partial charge in [-0.2, -0.15) is 0 Å². The summed E-state index contributed by atoms with van der Waals surface area (Å²) < 4.78 is 0. The molecule has 0 spiro atoms. The van der Waals surface area contributed by atoms with Gasteiger partial charge in [-0.05, 0) is 16.0 Å². The molecule has 18 heavy (non-hydrogen) atoms. The molecule has 2 rings (SSSR count). The third-order valence-corrected chi connectivity index (χ3v) is 3.07. The maximum Gasteiger partial charge on any atom is 0.363 e. The smallest absolute Gasteiger partial charge is 0.363 e. The number of hydrogen-bond acceptors (Lipinski definition) is 6. The molecule has 0 bridgehead atoms. The Hall–Kier alpha value is -1.73.